The summed E-state index contributed by atoms with van der Waals surface area (Å²) < 4.78 is 137. The summed E-state index contributed by atoms with van der Waals surface area (Å²) in [7, 11) is 0. The Labute approximate surface area is 863 Å². The van der Waals surface area contributed by atoms with Crippen LogP contribution >= 0.6 is 23.2 Å². The lowest BCUT2D eigenvalue weighted by Gasteiger charge is -2.36. The predicted molar refractivity (Wildman–Crippen MR) is 549 cm³/mol. The van der Waals surface area contributed by atoms with Gasteiger partial charge in [0.25, 0.3) is 11.8 Å². The summed E-state index contributed by atoms with van der Waals surface area (Å²) in [5.41, 5.74) is 11.2. The summed E-state index contributed by atoms with van der Waals surface area (Å²) in [6, 6.07) is 52.8. The van der Waals surface area contributed by atoms with Crippen molar-refractivity contribution in [3.63, 3.8) is 0 Å². The van der Waals surface area contributed by atoms with Crippen molar-refractivity contribution in [3.05, 3.63) is 261 Å². The third-order valence-corrected chi connectivity index (χ3v) is 25.8. The van der Waals surface area contributed by atoms with Crippen LogP contribution in [0.4, 0.5) is 27.2 Å². The standard InChI is InChI=1S/2C24H23ClF2N2O5.C22H26N2O5.C20H23NO5.C14H20N2O3.5CH4/c2*25-16-3-5-18-15(10-16)12-21(34-18)24(26,27)23(31)28-17(13-29-6-1-7-29)22(30)14-2-4-19-20(11-14)33-9-8-32-19;25-21(17-7-8-19-20(13-17)28-12-11-27-19)18(14-24-9-4-10-24)23-22(26)29-15-16-5-2-1-3-6-16;1-2-16(21-20(23)26-13-14-6-4-3-5-7-14)19(22)15-8-9-17-18(12-15)25-11-10-24-17;15-11(9-16-4-1-5-16)14(17)10-2-3-12-13(8-10)19-7-6-18-12;;;;;/h2*2-5,10-12,17,22,30H,1,6-9,13H2,(H,28,31);1-3,5-8,13,18,21,25H,4,9-12,14-15H2,(H,23,26);3-9,12,16,19,22H,2,10-11,13H2,1H3,(H,21,23);2-3,8,11,14,17H,1,4-7,9,15H2;5*1H4/t17-,22+;17-,22-;18-,21?;16-,19?;11-,14?;;;;;/m11111...../s1. The number of aliphatic hydroxyl groups is 5. The molecule has 9 aliphatic rings. The number of amides is 4. The molecule has 20 rings (SSSR count). The molecule has 11 N–H and O–H groups in total. The number of ether oxygens (including phenoxy) is 12. The van der Waals surface area contributed by atoms with Crippen molar-refractivity contribution >= 4 is 69.1 Å². The van der Waals surface area contributed by atoms with Crippen LogP contribution in [-0.4, -0.2) is 244 Å². The maximum atomic E-state index is 15.1. The van der Waals surface area contributed by atoms with Crippen molar-refractivity contribution in [1.82, 2.24) is 40.9 Å². The van der Waals surface area contributed by atoms with Gasteiger partial charge in [0.2, 0.25) is 0 Å². The molecule has 9 aliphatic heterocycles. The van der Waals surface area contributed by atoms with E-state index in [0.29, 0.717) is 174 Å². The number of nitrogens with one attached hydrogen (secondary N) is 4. The van der Waals surface area contributed by atoms with Gasteiger partial charge in [0.05, 0.1) is 36.4 Å². The van der Waals surface area contributed by atoms with Gasteiger partial charge in [0.15, 0.2) is 69.0 Å². The van der Waals surface area contributed by atoms with Crippen molar-refractivity contribution < 1.29 is 128 Å². The molecule has 0 radical (unpaired) electrons. The van der Waals surface area contributed by atoms with Crippen LogP contribution in [0.25, 0.3) is 21.9 Å². The highest BCUT2D eigenvalue weighted by Crippen LogP contribution is 2.43. The minimum atomic E-state index is -3.95. The van der Waals surface area contributed by atoms with Gasteiger partial charge >= 0.3 is 24.0 Å². The van der Waals surface area contributed by atoms with E-state index in [1.54, 1.807) is 72.8 Å². The van der Waals surface area contributed by atoms with E-state index in [9.17, 15) is 44.7 Å². The molecule has 2 aromatic heterocycles. The van der Waals surface area contributed by atoms with E-state index in [2.05, 4.69) is 31.1 Å². The van der Waals surface area contributed by atoms with Gasteiger partial charge in [-0.3, -0.25) is 9.59 Å². The Morgan fingerprint density at radius 2 is 0.612 bits per heavy atom. The first kappa shape index (κ1) is 115. The number of hydrogen-bond acceptors (Lipinski definition) is 28. The number of nitrogens with two attached hydrogens (primary N) is 1. The zero-order valence-corrected chi connectivity index (χ0v) is 79.6. The number of alkyl carbamates (subject to hydrolysis) is 2. The Kier molecular flexibility index (Phi) is 42.1. The number of carbonyl (C=O) groups is 4. The molecule has 0 saturated carbocycles. The van der Waals surface area contributed by atoms with Gasteiger partial charge in [-0.05, 0) is 233 Å². The highest BCUT2D eigenvalue weighted by molar-refractivity contribution is 6.31. The normalized spacial score (nSPS) is 17.1. The van der Waals surface area contributed by atoms with Crippen molar-refractivity contribution in [3.8, 4) is 57.5 Å². The molecule has 32 nitrogen and oxygen atoms in total. The molecule has 11 heterocycles. The molecule has 3 unspecified atom stereocenters. The summed E-state index contributed by atoms with van der Waals surface area (Å²) in [5, 5.41) is 65.8. The SMILES string of the molecule is C.C.C.C.C.CC[C@@H](NC(=O)OCc1ccccc1)C(O)c1ccc2c(c1)OCCO2.N[C@H](CN1CCC1)C(O)c1ccc2c(c1)OCCO2.O=C(N[C@H](CN1CCC1)C(O)c1ccc2c(c1)OCCO2)OCc1ccccc1.O=C(N[C@H](CN1CCC1)[C@@H](O)c1ccc2c(c1)OCCO2)C(F)(F)c1cc2cc(Cl)ccc2o1.O=C(N[C@H](CN1CCC1)[C@H](O)c1ccc2c(c1)OCCO2)C(F)(F)c1cc2cc(Cl)ccc2o1. The monoisotopic (exact) mass is 2080 g/mol. The fourth-order valence-electron chi connectivity index (χ4n) is 16.9. The Morgan fingerprint density at radius 1 is 0.347 bits per heavy atom. The summed E-state index contributed by atoms with van der Waals surface area (Å²) >= 11 is 11.8. The Morgan fingerprint density at radius 3 is 0.898 bits per heavy atom. The largest absolute Gasteiger partial charge is 0.486 e. The summed E-state index contributed by atoms with van der Waals surface area (Å²) in [5.74, 6) is -6.62. The van der Waals surface area contributed by atoms with Gasteiger partial charge in [-0.15, -0.1) is 0 Å². The van der Waals surface area contributed by atoms with Gasteiger partial charge in [0, 0.05) is 53.0 Å². The fourth-order valence-corrected chi connectivity index (χ4v) is 17.2. The van der Waals surface area contributed by atoms with Gasteiger partial charge in [-0.25, -0.2) is 9.59 Å². The Bertz CT molecular complexity index is 5900. The van der Waals surface area contributed by atoms with E-state index in [0.717, 1.165) is 113 Å². The number of hydrogen-bond donors (Lipinski definition) is 10. The number of furan rings is 2. The average Bonchev–Trinajstić information content (AvgIpc) is 1.64. The zero-order valence-electron chi connectivity index (χ0n) is 78.1. The first-order valence-electron chi connectivity index (χ1n) is 47.5. The van der Waals surface area contributed by atoms with E-state index in [4.69, 9.17) is 94.6 Å². The molecular weight excluding hydrogens is 1950 g/mol. The lowest BCUT2D eigenvalue weighted by molar-refractivity contribution is -0.151. The van der Waals surface area contributed by atoms with Gasteiger partial charge in [-0.2, -0.15) is 17.6 Å². The van der Waals surface area contributed by atoms with Crippen LogP contribution in [-0.2, 0) is 44.1 Å². The minimum absolute atomic E-state index is 0. The molecular formula is C109H135Cl2F4N9O23. The average molecular weight is 2090 g/mol. The van der Waals surface area contributed by atoms with Gasteiger partial charge < -0.3 is 138 Å². The molecule has 10 atom stereocenters. The van der Waals surface area contributed by atoms with Crippen LogP contribution in [0.2, 0.25) is 10.0 Å². The second-order valence-corrected chi connectivity index (χ2v) is 36.3. The summed E-state index contributed by atoms with van der Waals surface area (Å²) in [4.78, 5) is 58.4. The van der Waals surface area contributed by atoms with Crippen molar-refractivity contribution in [2.24, 2.45) is 5.73 Å². The molecule has 38 heteroatoms. The fraction of sp³-hybridized carbons (Fsp3) is 0.431. The molecule has 0 bridgehead atoms. The van der Waals surface area contributed by atoms with Crippen LogP contribution in [0, 0.1) is 0 Å². The van der Waals surface area contributed by atoms with Crippen LogP contribution < -0.4 is 74.4 Å². The third kappa shape index (κ3) is 30.0. The molecule has 4 saturated heterocycles. The number of fused-ring (bicyclic) bond motifs is 7. The number of nitrogens with zero attached hydrogens (tertiary/aromatic N) is 4. The van der Waals surface area contributed by atoms with Crippen LogP contribution in [0.1, 0.15) is 157 Å². The van der Waals surface area contributed by atoms with Gasteiger partial charge in [0.1, 0.15) is 109 Å². The van der Waals surface area contributed by atoms with E-state index < -0.39 is 102 Å². The molecule has 4 fully saturated rings. The van der Waals surface area contributed by atoms with Crippen LogP contribution in [0.5, 0.6) is 57.5 Å². The second kappa shape index (κ2) is 53.9. The lowest BCUT2D eigenvalue weighted by Crippen LogP contribution is -2.53. The van der Waals surface area contributed by atoms with E-state index in [-0.39, 0.29) is 80.6 Å². The third-order valence-electron chi connectivity index (χ3n) is 25.3. The maximum Gasteiger partial charge on any atom is 0.407 e. The summed E-state index contributed by atoms with van der Waals surface area (Å²) in [6.45, 7) is 15.8. The predicted octanol–water partition coefficient (Wildman–Crippen LogP) is 17.1. The topological polar surface area (TPSA) is 394 Å². The van der Waals surface area contributed by atoms with Crippen LogP contribution in [0.3, 0.4) is 0 Å². The molecule has 4 amide bonds. The van der Waals surface area contributed by atoms with Crippen molar-refractivity contribution in [1.29, 1.82) is 0 Å². The maximum absolute atomic E-state index is 15.1. The Balaban J connectivity index is 0.000000175. The van der Waals surface area contributed by atoms with Crippen LogP contribution in [0.15, 0.2) is 209 Å². The van der Waals surface area contributed by atoms with E-state index >= 15 is 17.6 Å². The molecule has 9 aromatic carbocycles. The second-order valence-electron chi connectivity index (χ2n) is 35.4. The zero-order chi connectivity index (χ0) is 99.4. The molecule has 147 heavy (non-hydrogen) atoms. The van der Waals surface area contributed by atoms with Crippen molar-refractivity contribution in [2.75, 3.05) is 145 Å². The number of rotatable bonds is 31. The Hall–Kier alpha value is -12.6. The molecule has 11 aromatic rings. The van der Waals surface area contributed by atoms with E-state index in [1.807, 2.05) is 95.6 Å². The number of alkyl halides is 4. The van der Waals surface area contributed by atoms with Gasteiger partial charge in [-0.1, -0.05) is 158 Å². The highest BCUT2D eigenvalue weighted by Gasteiger charge is 2.49. The number of benzene rings is 9. The quantitative estimate of drug-likeness (QED) is 0.0180. The smallest absolute Gasteiger partial charge is 0.407 e. The molecule has 796 valence electrons. The number of likely N-dealkylation sites (tertiary alicyclic amines) is 4. The molecule has 0 spiro atoms. The number of carbonyl (C=O) groups excluding carboxylic acids is 4. The first-order valence-corrected chi connectivity index (χ1v) is 48.2. The number of halogens is 6. The minimum Gasteiger partial charge on any atom is -0.486 e. The summed E-state index contributed by atoms with van der Waals surface area (Å²) in [6.07, 6.45) is -1.18. The first-order chi connectivity index (χ1) is 68.7. The van der Waals surface area contributed by atoms with E-state index in [1.165, 1.54) is 42.8 Å². The highest BCUT2D eigenvalue weighted by atomic mass is 35.5. The molecule has 0 aliphatic carbocycles. The lowest BCUT2D eigenvalue weighted by atomic mass is 9.99. The number of aliphatic hydroxyl groups excluding tert-OH is 5. The van der Waals surface area contributed by atoms with Crippen molar-refractivity contribution in [2.45, 2.75) is 162 Å².